The van der Waals surface area contributed by atoms with Gasteiger partial charge in [0.05, 0.1) is 12.1 Å². The van der Waals surface area contributed by atoms with Gasteiger partial charge >= 0.3 is 0 Å². The maximum Gasteiger partial charge on any atom is 0.243 e. The molecular formula is C31H45N9O4. The van der Waals surface area contributed by atoms with E-state index in [-0.39, 0.29) is 30.1 Å². The Balaban J connectivity index is 1.81. The minimum absolute atomic E-state index is 0.0335. The van der Waals surface area contributed by atoms with Gasteiger partial charge < -0.3 is 43.2 Å². The van der Waals surface area contributed by atoms with E-state index >= 15 is 0 Å². The standard InChI is InChI=1S/C31H45N9O4/c1-19-15-22(41)16-20(2)27(19)28(42)25(38-29(43)23(33)11-8-14-36-31(34)35)18-37-24(12-6-7-13-32)30-39-26(40-44-30)17-21-9-4-3-5-10-21/h3-5,9-10,15-16,23-25,37,41H,6-8,11-14,17-18,32-33H2,1-2H3,(H,38,43)(H4,34,35,36)/t23?,24-,25-/m0/s1. The molecule has 0 saturated carbocycles. The zero-order chi connectivity index (χ0) is 32.1. The molecule has 0 bridgehead atoms. The van der Waals surface area contributed by atoms with Crippen molar-refractivity contribution >= 4 is 17.6 Å². The molecule has 13 heteroatoms. The molecule has 0 saturated heterocycles. The van der Waals surface area contributed by atoms with Gasteiger partial charge in [0.2, 0.25) is 11.8 Å². The number of aromatic nitrogens is 2. The number of aromatic hydroxyl groups is 1. The number of aliphatic imine (C=N–C) groups is 1. The number of guanidine groups is 1. The molecule has 0 aliphatic rings. The van der Waals surface area contributed by atoms with E-state index in [0.717, 1.165) is 18.4 Å². The topological polar surface area (TPSA) is 234 Å². The van der Waals surface area contributed by atoms with Crippen LogP contribution in [0.3, 0.4) is 0 Å². The van der Waals surface area contributed by atoms with Crippen molar-refractivity contribution in [2.24, 2.45) is 27.9 Å². The minimum Gasteiger partial charge on any atom is -0.508 e. The number of rotatable bonds is 18. The number of carbonyl (C=O) groups excluding carboxylic acids is 2. The monoisotopic (exact) mass is 607 g/mol. The second-order valence-electron chi connectivity index (χ2n) is 10.9. The highest BCUT2D eigenvalue weighted by atomic mass is 16.5. The smallest absolute Gasteiger partial charge is 0.243 e. The fraction of sp³-hybridized carbons (Fsp3) is 0.452. The van der Waals surface area contributed by atoms with Gasteiger partial charge in [-0.2, -0.15) is 4.98 Å². The number of Topliss-reactive ketones (excluding diaryl/α,β-unsaturated/α-hetero) is 1. The summed E-state index contributed by atoms with van der Waals surface area (Å²) in [6, 6.07) is 10.6. The van der Waals surface area contributed by atoms with Gasteiger partial charge in [0.1, 0.15) is 11.8 Å². The van der Waals surface area contributed by atoms with E-state index in [0.29, 0.717) is 67.2 Å². The van der Waals surface area contributed by atoms with Gasteiger partial charge in [0.25, 0.3) is 0 Å². The van der Waals surface area contributed by atoms with E-state index in [1.807, 2.05) is 30.3 Å². The van der Waals surface area contributed by atoms with Crippen LogP contribution in [0.5, 0.6) is 5.75 Å². The molecule has 11 N–H and O–H groups in total. The molecule has 0 aliphatic heterocycles. The molecule has 2 aromatic carbocycles. The quantitative estimate of drug-likeness (QED) is 0.0473. The first kappa shape index (κ1) is 34.2. The summed E-state index contributed by atoms with van der Waals surface area (Å²) in [4.78, 5) is 35.6. The second-order valence-corrected chi connectivity index (χ2v) is 10.9. The Morgan fingerprint density at radius 1 is 1.05 bits per heavy atom. The number of hydrogen-bond acceptors (Lipinski definition) is 10. The Labute approximate surface area is 257 Å². The van der Waals surface area contributed by atoms with E-state index in [9.17, 15) is 14.7 Å². The summed E-state index contributed by atoms with van der Waals surface area (Å²) in [6.45, 7) is 4.41. The van der Waals surface area contributed by atoms with E-state index in [2.05, 4.69) is 25.8 Å². The molecule has 0 spiro atoms. The van der Waals surface area contributed by atoms with E-state index < -0.39 is 18.0 Å². The maximum atomic E-state index is 13.9. The van der Waals surface area contributed by atoms with Crippen LogP contribution in [0.2, 0.25) is 0 Å². The Kier molecular flexibility index (Phi) is 13.3. The average Bonchev–Trinajstić information content (AvgIpc) is 3.44. The number of nitrogens with zero attached hydrogens (tertiary/aromatic N) is 3. The van der Waals surface area contributed by atoms with Crippen LogP contribution in [-0.4, -0.2) is 64.6 Å². The number of nitrogens with two attached hydrogens (primary N) is 4. The van der Waals surface area contributed by atoms with Gasteiger partial charge in [-0.3, -0.25) is 14.6 Å². The predicted molar refractivity (Wildman–Crippen MR) is 169 cm³/mol. The SMILES string of the molecule is Cc1cc(O)cc(C)c1C(=O)[C@H](CN[C@@H](CCCCN)c1nc(Cc2ccccc2)no1)NC(=O)C(N)CCCN=C(N)N. The van der Waals surface area contributed by atoms with Crippen LogP contribution in [0.15, 0.2) is 52.0 Å². The lowest BCUT2D eigenvalue weighted by Gasteiger charge is -2.24. The van der Waals surface area contributed by atoms with E-state index in [1.165, 1.54) is 12.1 Å². The van der Waals surface area contributed by atoms with E-state index in [1.54, 1.807) is 13.8 Å². The number of nitrogens with one attached hydrogen (secondary N) is 2. The molecule has 3 aromatic rings. The highest BCUT2D eigenvalue weighted by Crippen LogP contribution is 2.23. The zero-order valence-corrected chi connectivity index (χ0v) is 25.5. The van der Waals surface area contributed by atoms with Gasteiger partial charge in [-0.05, 0) is 74.9 Å². The first-order chi connectivity index (χ1) is 21.1. The Morgan fingerprint density at radius 2 is 1.75 bits per heavy atom. The zero-order valence-electron chi connectivity index (χ0n) is 25.5. The van der Waals surface area contributed by atoms with E-state index in [4.69, 9.17) is 27.5 Å². The van der Waals surface area contributed by atoms with Crippen LogP contribution in [0.4, 0.5) is 0 Å². The van der Waals surface area contributed by atoms with Crippen molar-refractivity contribution in [2.45, 2.75) is 70.5 Å². The molecule has 1 unspecified atom stereocenters. The largest absolute Gasteiger partial charge is 0.508 e. The first-order valence-electron chi connectivity index (χ1n) is 14.8. The van der Waals surface area contributed by atoms with Crippen molar-refractivity contribution in [3.05, 3.63) is 76.4 Å². The lowest BCUT2D eigenvalue weighted by molar-refractivity contribution is -0.123. The number of carbonyl (C=O) groups is 2. The van der Waals surface area contributed by atoms with Crippen LogP contribution in [-0.2, 0) is 11.2 Å². The van der Waals surface area contributed by atoms with Gasteiger partial charge in [-0.15, -0.1) is 0 Å². The van der Waals surface area contributed by atoms with Crippen LogP contribution in [0, 0.1) is 13.8 Å². The minimum atomic E-state index is -0.975. The number of aryl methyl sites for hydroxylation is 2. The van der Waals surface area contributed by atoms with Crippen molar-refractivity contribution in [2.75, 3.05) is 19.6 Å². The summed E-state index contributed by atoms with van der Waals surface area (Å²) in [6.07, 6.45) is 3.53. The number of amides is 1. The molecule has 0 aliphatic carbocycles. The van der Waals surface area contributed by atoms with Crippen molar-refractivity contribution in [3.8, 4) is 5.75 Å². The molecule has 0 fully saturated rings. The highest BCUT2D eigenvalue weighted by molar-refractivity contribution is 6.04. The summed E-state index contributed by atoms with van der Waals surface area (Å²) in [5, 5.41) is 20.4. The molecular weight excluding hydrogens is 562 g/mol. The molecule has 3 rings (SSSR count). The summed E-state index contributed by atoms with van der Waals surface area (Å²) < 4.78 is 5.65. The molecule has 44 heavy (non-hydrogen) atoms. The Morgan fingerprint density at radius 3 is 2.41 bits per heavy atom. The van der Waals surface area contributed by atoms with Crippen LogP contribution in [0.25, 0.3) is 0 Å². The van der Waals surface area contributed by atoms with Crippen LogP contribution in [0.1, 0.15) is 76.9 Å². The third-order valence-corrected chi connectivity index (χ3v) is 7.20. The third kappa shape index (κ3) is 10.4. The fourth-order valence-electron chi connectivity index (χ4n) is 4.97. The van der Waals surface area contributed by atoms with Gasteiger partial charge in [0, 0.05) is 25.1 Å². The second kappa shape index (κ2) is 17.1. The molecule has 1 amide bonds. The normalized spacial score (nSPS) is 13.2. The summed E-state index contributed by atoms with van der Waals surface area (Å²) >= 11 is 0. The third-order valence-electron chi connectivity index (χ3n) is 7.20. The van der Waals surface area contributed by atoms with Crippen molar-refractivity contribution in [3.63, 3.8) is 0 Å². The van der Waals surface area contributed by atoms with Crippen LogP contribution < -0.4 is 33.6 Å². The number of unbranched alkanes of at least 4 members (excludes halogenated alkanes) is 1. The van der Waals surface area contributed by atoms with Crippen molar-refractivity contribution in [1.82, 2.24) is 20.8 Å². The molecule has 3 atom stereocenters. The Bertz CT molecular complexity index is 1370. The number of hydrogen-bond donors (Lipinski definition) is 7. The molecule has 13 nitrogen and oxygen atoms in total. The maximum absolute atomic E-state index is 13.9. The number of benzene rings is 2. The number of phenolic OH excluding ortho intramolecular Hbond substituents is 1. The summed E-state index contributed by atoms with van der Waals surface area (Å²) in [5.41, 5.74) is 25.3. The average molecular weight is 608 g/mol. The lowest BCUT2D eigenvalue weighted by atomic mass is 9.94. The molecule has 1 heterocycles. The summed E-state index contributed by atoms with van der Waals surface area (Å²) in [5.74, 6) is 0.157. The molecule has 0 radical (unpaired) electrons. The van der Waals surface area contributed by atoms with Crippen molar-refractivity contribution in [1.29, 1.82) is 0 Å². The highest BCUT2D eigenvalue weighted by Gasteiger charge is 2.29. The van der Waals surface area contributed by atoms with Gasteiger partial charge in [-0.25, -0.2) is 0 Å². The van der Waals surface area contributed by atoms with Gasteiger partial charge in [-0.1, -0.05) is 41.9 Å². The first-order valence-corrected chi connectivity index (χ1v) is 14.8. The number of phenols is 1. The van der Waals surface area contributed by atoms with Crippen molar-refractivity contribution < 1.29 is 19.2 Å². The lowest BCUT2D eigenvalue weighted by Crippen LogP contribution is -2.52. The fourth-order valence-corrected chi connectivity index (χ4v) is 4.97. The number of ketones is 1. The van der Waals surface area contributed by atoms with Crippen LogP contribution >= 0.6 is 0 Å². The predicted octanol–water partition coefficient (Wildman–Crippen LogP) is 1.49. The van der Waals surface area contributed by atoms with Gasteiger partial charge in [0.15, 0.2) is 17.6 Å². The molecule has 1 aromatic heterocycles. The Hall–Kier alpha value is -4.33. The summed E-state index contributed by atoms with van der Waals surface area (Å²) in [7, 11) is 0. The molecule has 238 valence electrons.